The molecule has 0 radical (unpaired) electrons. The molecular weight excluding hydrogens is 284 g/mol. The molecule has 2 aliphatic heterocycles. The van der Waals surface area contributed by atoms with E-state index >= 15 is 0 Å². The second-order valence-electron chi connectivity index (χ2n) is 6.76. The first-order valence-corrected chi connectivity index (χ1v) is 8.72. The van der Waals surface area contributed by atoms with Gasteiger partial charge < -0.3 is 9.47 Å². The Hall–Kier alpha value is -1.64. The predicted molar refractivity (Wildman–Crippen MR) is 91.9 cm³/mol. The molecule has 0 bridgehead atoms. The van der Waals surface area contributed by atoms with Crippen LogP contribution in [0.5, 0.6) is 0 Å². The third-order valence-corrected chi connectivity index (χ3v) is 4.90. The van der Waals surface area contributed by atoms with Crippen molar-refractivity contribution in [3.63, 3.8) is 0 Å². The molecule has 0 amide bonds. The van der Waals surface area contributed by atoms with Crippen molar-refractivity contribution in [2.75, 3.05) is 13.2 Å². The Labute approximate surface area is 138 Å². The van der Waals surface area contributed by atoms with E-state index in [2.05, 4.69) is 55.5 Å². The van der Waals surface area contributed by atoms with Gasteiger partial charge in [0.25, 0.3) is 0 Å². The van der Waals surface area contributed by atoms with Gasteiger partial charge in [0.2, 0.25) is 0 Å². The van der Waals surface area contributed by atoms with E-state index in [1.807, 2.05) is 0 Å². The van der Waals surface area contributed by atoms with Crippen LogP contribution < -0.4 is 0 Å². The van der Waals surface area contributed by atoms with Crippen LogP contribution in [-0.4, -0.2) is 25.4 Å². The number of epoxide rings is 2. The molecule has 2 fully saturated rings. The Morgan fingerprint density at radius 3 is 1.48 bits per heavy atom. The molecule has 2 aliphatic rings. The van der Waals surface area contributed by atoms with Gasteiger partial charge in [-0.2, -0.15) is 0 Å². The number of benzene rings is 2. The summed E-state index contributed by atoms with van der Waals surface area (Å²) in [6.45, 7) is 4.12. The largest absolute Gasteiger partial charge is 0.373 e. The molecule has 4 rings (SSSR count). The van der Waals surface area contributed by atoms with E-state index in [4.69, 9.17) is 9.47 Å². The van der Waals surface area contributed by atoms with Crippen molar-refractivity contribution in [1.29, 1.82) is 0 Å². The van der Waals surface area contributed by atoms with Crippen LogP contribution in [0.1, 0.15) is 41.5 Å². The van der Waals surface area contributed by atoms with Crippen LogP contribution in [0.2, 0.25) is 0 Å². The Bertz CT molecular complexity index is 579. The smallest absolute Gasteiger partial charge is 0.0850 e. The molecule has 2 heterocycles. The highest BCUT2D eigenvalue weighted by Crippen LogP contribution is 2.29. The summed E-state index contributed by atoms with van der Waals surface area (Å²) < 4.78 is 10.6. The molecule has 0 aliphatic carbocycles. The predicted octanol–water partition coefficient (Wildman–Crippen LogP) is 4.11. The topological polar surface area (TPSA) is 25.1 Å². The third kappa shape index (κ3) is 3.82. The molecule has 2 aromatic carbocycles. The summed E-state index contributed by atoms with van der Waals surface area (Å²) in [6.07, 6.45) is 4.15. The van der Waals surface area contributed by atoms with Crippen LogP contribution in [0.15, 0.2) is 48.5 Å². The molecule has 0 saturated carbocycles. The first-order valence-electron chi connectivity index (χ1n) is 8.72. The molecular formula is C21H24O2. The van der Waals surface area contributed by atoms with Crippen LogP contribution in [0.3, 0.4) is 0 Å². The van der Waals surface area contributed by atoms with Gasteiger partial charge in [-0.3, -0.25) is 0 Å². The average Bonchev–Trinajstić information content (AvgIpc) is 3.48. The van der Waals surface area contributed by atoms with E-state index in [0.717, 1.165) is 32.5 Å². The number of ether oxygens (including phenoxy) is 2. The summed E-state index contributed by atoms with van der Waals surface area (Å²) in [7, 11) is 0. The lowest BCUT2D eigenvalue weighted by molar-refractivity contribution is 0.407. The summed E-state index contributed by atoms with van der Waals surface area (Å²) in [5.74, 6) is 0.479. The van der Waals surface area contributed by atoms with Gasteiger partial charge in [0.1, 0.15) is 0 Å². The highest BCUT2D eigenvalue weighted by Gasteiger charge is 2.23. The first-order chi connectivity index (χ1) is 11.3. The van der Waals surface area contributed by atoms with E-state index in [1.54, 1.807) is 0 Å². The number of hydrogen-bond acceptors (Lipinski definition) is 2. The zero-order chi connectivity index (χ0) is 15.6. The van der Waals surface area contributed by atoms with E-state index in [-0.39, 0.29) is 0 Å². The number of hydrogen-bond donors (Lipinski definition) is 0. The Morgan fingerprint density at radius 1 is 0.783 bits per heavy atom. The van der Waals surface area contributed by atoms with Crippen LogP contribution >= 0.6 is 0 Å². The molecule has 0 N–H and O–H groups in total. The maximum Gasteiger partial charge on any atom is 0.0850 e. The summed E-state index contributed by atoms with van der Waals surface area (Å²) >= 11 is 0. The second kappa shape index (κ2) is 6.46. The van der Waals surface area contributed by atoms with Crippen LogP contribution in [-0.2, 0) is 22.3 Å². The van der Waals surface area contributed by atoms with Gasteiger partial charge in [-0.15, -0.1) is 0 Å². The molecule has 120 valence electrons. The monoisotopic (exact) mass is 308 g/mol. The fraction of sp³-hybridized carbons (Fsp3) is 0.429. The second-order valence-corrected chi connectivity index (χ2v) is 6.76. The molecule has 2 nitrogen and oxygen atoms in total. The third-order valence-electron chi connectivity index (χ3n) is 4.90. The fourth-order valence-corrected chi connectivity index (χ4v) is 3.33. The van der Waals surface area contributed by atoms with Crippen LogP contribution in [0, 0.1) is 0 Å². The van der Waals surface area contributed by atoms with E-state index in [1.165, 1.54) is 22.3 Å². The number of rotatable bonds is 7. The summed E-state index contributed by atoms with van der Waals surface area (Å²) in [5, 5.41) is 0. The molecule has 23 heavy (non-hydrogen) atoms. The Morgan fingerprint density at radius 2 is 1.17 bits per heavy atom. The van der Waals surface area contributed by atoms with Gasteiger partial charge in [-0.1, -0.05) is 55.5 Å². The van der Waals surface area contributed by atoms with Crippen molar-refractivity contribution in [3.8, 4) is 0 Å². The van der Waals surface area contributed by atoms with Crippen molar-refractivity contribution < 1.29 is 9.47 Å². The molecule has 2 aromatic rings. The highest BCUT2D eigenvalue weighted by molar-refractivity contribution is 5.36. The maximum atomic E-state index is 5.31. The van der Waals surface area contributed by atoms with Crippen LogP contribution in [0.4, 0.5) is 0 Å². The summed E-state index contributed by atoms with van der Waals surface area (Å²) in [5.41, 5.74) is 5.58. The minimum absolute atomic E-state index is 0.464. The van der Waals surface area contributed by atoms with Gasteiger partial charge in [-0.25, -0.2) is 0 Å². The summed E-state index contributed by atoms with van der Waals surface area (Å²) in [4.78, 5) is 0. The van der Waals surface area contributed by atoms with E-state index in [0.29, 0.717) is 18.1 Å². The zero-order valence-corrected chi connectivity index (χ0v) is 13.7. The van der Waals surface area contributed by atoms with Gasteiger partial charge >= 0.3 is 0 Å². The zero-order valence-electron chi connectivity index (χ0n) is 13.7. The molecule has 2 atom stereocenters. The quantitative estimate of drug-likeness (QED) is 0.719. The molecule has 2 heteroatoms. The normalized spacial score (nSPS) is 23.5. The first kappa shape index (κ1) is 14.9. The SMILES string of the molecule is CCC(c1ccc(CC2CO2)cc1)c1ccc(CC2CO2)cc1. The Balaban J connectivity index is 1.47. The van der Waals surface area contributed by atoms with Crippen molar-refractivity contribution in [1.82, 2.24) is 0 Å². The highest BCUT2D eigenvalue weighted by atomic mass is 16.6. The van der Waals surface area contributed by atoms with Crippen molar-refractivity contribution >= 4 is 0 Å². The van der Waals surface area contributed by atoms with Gasteiger partial charge in [0.05, 0.1) is 25.4 Å². The van der Waals surface area contributed by atoms with Crippen molar-refractivity contribution in [2.24, 2.45) is 0 Å². The molecule has 0 aromatic heterocycles. The average molecular weight is 308 g/mol. The van der Waals surface area contributed by atoms with Gasteiger partial charge in [0, 0.05) is 18.8 Å². The fourth-order valence-electron chi connectivity index (χ4n) is 3.33. The van der Waals surface area contributed by atoms with E-state index < -0.39 is 0 Å². The summed E-state index contributed by atoms with van der Waals surface area (Å²) in [6, 6.07) is 18.2. The Kier molecular flexibility index (Phi) is 4.19. The van der Waals surface area contributed by atoms with Gasteiger partial charge in [-0.05, 0) is 28.7 Å². The maximum absolute atomic E-state index is 5.31. The lowest BCUT2D eigenvalue weighted by Crippen LogP contribution is -2.01. The van der Waals surface area contributed by atoms with Gasteiger partial charge in [0.15, 0.2) is 0 Å². The lowest BCUT2D eigenvalue weighted by Gasteiger charge is -2.17. The minimum atomic E-state index is 0.464. The van der Waals surface area contributed by atoms with Crippen molar-refractivity contribution in [2.45, 2.75) is 44.3 Å². The van der Waals surface area contributed by atoms with E-state index in [9.17, 15) is 0 Å². The standard InChI is InChI=1S/C21H24O2/c1-2-21(17-7-3-15(4-8-17)11-19-13-22-19)18-9-5-16(6-10-18)12-20-14-23-20/h3-10,19-21H,2,11-14H2,1H3. The van der Waals surface area contributed by atoms with Crippen molar-refractivity contribution in [3.05, 3.63) is 70.8 Å². The minimum Gasteiger partial charge on any atom is -0.373 e. The van der Waals surface area contributed by atoms with Crippen LogP contribution in [0.25, 0.3) is 0 Å². The molecule has 2 saturated heterocycles. The molecule has 0 spiro atoms. The lowest BCUT2D eigenvalue weighted by atomic mass is 9.88. The molecule has 2 unspecified atom stereocenters.